The normalized spacial score (nSPS) is 17.4. The summed E-state index contributed by atoms with van der Waals surface area (Å²) >= 11 is 1.35. The molecule has 8 nitrogen and oxygen atoms in total. The molecule has 0 bridgehead atoms. The number of hydrogen-bond acceptors (Lipinski definition) is 8. The molecule has 2 aromatic heterocycles. The third kappa shape index (κ3) is 5.83. The minimum atomic E-state index is -0.609. The number of aromatic nitrogens is 1. The molecule has 4 N–H and O–H groups in total. The van der Waals surface area contributed by atoms with Gasteiger partial charge in [0.1, 0.15) is 18.4 Å². The summed E-state index contributed by atoms with van der Waals surface area (Å²) < 4.78 is 21.2. The predicted molar refractivity (Wildman–Crippen MR) is 143 cm³/mol. The second kappa shape index (κ2) is 10.9. The Morgan fingerprint density at radius 3 is 2.84 bits per heavy atom. The van der Waals surface area contributed by atoms with Crippen molar-refractivity contribution in [3.8, 4) is 0 Å². The summed E-state index contributed by atoms with van der Waals surface area (Å²) in [6.45, 7) is 2.10. The number of hydrazone groups is 1. The number of benzene rings is 2. The van der Waals surface area contributed by atoms with Gasteiger partial charge in [-0.05, 0) is 60.3 Å². The van der Waals surface area contributed by atoms with Crippen LogP contribution in [0.5, 0.6) is 0 Å². The minimum Gasteiger partial charge on any atom is -0.389 e. The molecule has 3 heterocycles. The molecule has 1 amide bonds. The maximum absolute atomic E-state index is 14.7. The number of nitrogens with one attached hydrogen (secondary N) is 3. The minimum absolute atomic E-state index is 0.0549. The quantitative estimate of drug-likeness (QED) is 0.286. The van der Waals surface area contributed by atoms with Gasteiger partial charge in [0.25, 0.3) is 5.91 Å². The van der Waals surface area contributed by atoms with E-state index in [4.69, 9.17) is 4.74 Å². The Kier molecular flexibility index (Phi) is 7.22. The van der Waals surface area contributed by atoms with Crippen molar-refractivity contribution in [2.24, 2.45) is 5.10 Å². The highest BCUT2D eigenvalue weighted by molar-refractivity contribution is 7.20. The van der Waals surface area contributed by atoms with Crippen LogP contribution in [0.2, 0.25) is 0 Å². The second-order valence-corrected chi connectivity index (χ2v) is 9.48. The van der Waals surface area contributed by atoms with Crippen molar-refractivity contribution < 1.29 is 19.0 Å². The zero-order chi connectivity index (χ0) is 25.8. The first kappa shape index (κ1) is 24.6. The van der Waals surface area contributed by atoms with E-state index in [1.165, 1.54) is 17.4 Å². The summed E-state index contributed by atoms with van der Waals surface area (Å²) in [4.78, 5) is 17.7. The van der Waals surface area contributed by atoms with Crippen LogP contribution in [0.4, 0.5) is 15.9 Å². The van der Waals surface area contributed by atoms with Crippen molar-refractivity contribution in [2.75, 3.05) is 24.0 Å². The Morgan fingerprint density at radius 2 is 2.05 bits per heavy atom. The molecule has 188 valence electrons. The van der Waals surface area contributed by atoms with Crippen molar-refractivity contribution in [3.63, 3.8) is 0 Å². The van der Waals surface area contributed by atoms with Crippen LogP contribution in [-0.4, -0.2) is 35.0 Å². The number of aliphatic hydroxyl groups excluding tert-OH is 1. The van der Waals surface area contributed by atoms with Crippen molar-refractivity contribution in [3.05, 3.63) is 100 Å². The third-order valence-electron chi connectivity index (χ3n) is 5.65. The number of aliphatic hydroxyl groups is 1. The van der Waals surface area contributed by atoms with Gasteiger partial charge in [0.2, 0.25) is 0 Å². The van der Waals surface area contributed by atoms with Gasteiger partial charge < -0.3 is 20.5 Å². The topological polar surface area (TPSA) is 108 Å². The number of carbonyl (C=O) groups is 1. The van der Waals surface area contributed by atoms with E-state index >= 15 is 0 Å². The van der Waals surface area contributed by atoms with Gasteiger partial charge in [-0.3, -0.25) is 10.2 Å². The number of nitrogens with zero attached hydrogens (tertiary/aromatic N) is 2. The Hall–Kier alpha value is -4.12. The van der Waals surface area contributed by atoms with Gasteiger partial charge in [0.15, 0.2) is 0 Å². The molecule has 1 atom stereocenters. The summed E-state index contributed by atoms with van der Waals surface area (Å²) in [5.74, 6) is -0.360. The van der Waals surface area contributed by atoms with Crippen molar-refractivity contribution in [1.82, 2.24) is 10.4 Å². The van der Waals surface area contributed by atoms with Crippen LogP contribution in [0, 0.1) is 5.82 Å². The number of anilines is 2. The van der Waals surface area contributed by atoms with Crippen LogP contribution < -0.4 is 16.1 Å². The molecule has 37 heavy (non-hydrogen) atoms. The van der Waals surface area contributed by atoms with E-state index in [0.29, 0.717) is 33.2 Å². The molecule has 0 aliphatic carbocycles. The lowest BCUT2D eigenvalue weighted by molar-refractivity contribution is 0.103. The summed E-state index contributed by atoms with van der Waals surface area (Å²) in [5.41, 5.74) is 5.38. The SMILES string of the molecule is CC(O)c1ccc(N/C2=C/C(c3ccc(F)c(NC(=O)c4cc5ccccc5s4)c3)=N\NCOC2)nc1. The van der Waals surface area contributed by atoms with Crippen molar-refractivity contribution in [2.45, 2.75) is 13.0 Å². The van der Waals surface area contributed by atoms with E-state index in [-0.39, 0.29) is 24.9 Å². The Bertz CT molecular complexity index is 1460. The van der Waals surface area contributed by atoms with E-state index in [0.717, 1.165) is 10.1 Å². The molecule has 0 radical (unpaired) electrons. The fourth-order valence-electron chi connectivity index (χ4n) is 3.73. The predicted octanol–water partition coefficient (Wildman–Crippen LogP) is 5.02. The van der Waals surface area contributed by atoms with Crippen LogP contribution in [0.1, 0.15) is 33.8 Å². The molecule has 1 aliphatic heterocycles. The maximum Gasteiger partial charge on any atom is 0.265 e. The van der Waals surface area contributed by atoms with E-state index in [1.54, 1.807) is 49.5 Å². The third-order valence-corrected chi connectivity index (χ3v) is 6.77. The molecule has 0 spiro atoms. The molecule has 0 saturated heterocycles. The van der Waals surface area contributed by atoms with Gasteiger partial charge in [-0.2, -0.15) is 5.10 Å². The summed E-state index contributed by atoms with van der Waals surface area (Å²) in [7, 11) is 0. The summed E-state index contributed by atoms with van der Waals surface area (Å²) in [5, 5.41) is 20.9. The Balaban J connectivity index is 1.38. The van der Waals surface area contributed by atoms with Crippen molar-refractivity contribution in [1.29, 1.82) is 0 Å². The van der Waals surface area contributed by atoms with Crippen LogP contribution in [-0.2, 0) is 4.74 Å². The van der Waals surface area contributed by atoms with Crippen molar-refractivity contribution >= 4 is 44.5 Å². The van der Waals surface area contributed by atoms with E-state index in [2.05, 4.69) is 26.1 Å². The summed E-state index contributed by atoms with van der Waals surface area (Å²) in [6.07, 6.45) is 2.75. The first-order chi connectivity index (χ1) is 18.0. The van der Waals surface area contributed by atoms with Crippen LogP contribution in [0.25, 0.3) is 10.1 Å². The van der Waals surface area contributed by atoms with Gasteiger partial charge in [-0.25, -0.2) is 9.37 Å². The highest BCUT2D eigenvalue weighted by atomic mass is 32.1. The highest BCUT2D eigenvalue weighted by Gasteiger charge is 2.15. The largest absolute Gasteiger partial charge is 0.389 e. The monoisotopic (exact) mass is 517 g/mol. The number of amides is 1. The van der Waals surface area contributed by atoms with Gasteiger partial charge in [-0.15, -0.1) is 11.3 Å². The number of halogens is 1. The number of thiophene rings is 1. The number of hydrogen-bond donors (Lipinski definition) is 4. The number of ether oxygens (including phenoxy) is 1. The Morgan fingerprint density at radius 1 is 1.19 bits per heavy atom. The first-order valence-electron chi connectivity index (χ1n) is 11.6. The average molecular weight is 518 g/mol. The number of fused-ring (bicyclic) bond motifs is 1. The van der Waals surface area contributed by atoms with Gasteiger partial charge in [-0.1, -0.05) is 24.3 Å². The lowest BCUT2D eigenvalue weighted by Crippen LogP contribution is -2.22. The van der Waals surface area contributed by atoms with Crippen LogP contribution >= 0.6 is 11.3 Å². The Labute approximate surface area is 216 Å². The molecule has 0 fully saturated rings. The zero-order valence-corrected chi connectivity index (χ0v) is 20.7. The molecule has 5 rings (SSSR count). The molecular weight excluding hydrogens is 493 g/mol. The molecular formula is C27H24FN5O3S. The first-order valence-corrected chi connectivity index (χ1v) is 12.4. The van der Waals surface area contributed by atoms with E-state index in [9.17, 15) is 14.3 Å². The van der Waals surface area contributed by atoms with Gasteiger partial charge in [0, 0.05) is 22.2 Å². The summed E-state index contributed by atoms with van der Waals surface area (Å²) in [6, 6.07) is 17.5. The number of carbonyl (C=O) groups excluding carboxylic acids is 1. The second-order valence-electron chi connectivity index (χ2n) is 8.39. The standard InChI is InChI=1S/C27H24FN5O3S/c1-16(34)19-7-9-26(29-13-19)31-20-12-22(33-30-15-36-14-20)17-6-8-21(28)23(10-17)32-27(35)25-11-18-4-2-3-5-24(18)37-25/h2-13,16,30,34H,14-15H2,1H3,(H,29,31)(H,32,35)/b20-12+,33-22+. The van der Waals surface area contributed by atoms with Crippen LogP contribution in [0.3, 0.4) is 0 Å². The zero-order valence-electron chi connectivity index (χ0n) is 19.9. The number of pyridine rings is 1. The number of rotatable bonds is 6. The fraction of sp³-hybridized carbons (Fsp3) is 0.148. The van der Waals surface area contributed by atoms with Crippen LogP contribution in [0.15, 0.2) is 83.7 Å². The van der Waals surface area contributed by atoms with E-state index < -0.39 is 11.9 Å². The molecule has 1 aliphatic rings. The smallest absolute Gasteiger partial charge is 0.265 e. The maximum atomic E-state index is 14.7. The lowest BCUT2D eigenvalue weighted by atomic mass is 10.1. The molecule has 4 aromatic rings. The number of allylic oxidation sites excluding steroid dienone is 1. The molecule has 1 unspecified atom stereocenters. The fourth-order valence-corrected chi connectivity index (χ4v) is 4.69. The van der Waals surface area contributed by atoms with Gasteiger partial charge in [0.05, 0.1) is 29.0 Å². The average Bonchev–Trinajstić information content (AvgIpc) is 3.32. The highest BCUT2D eigenvalue weighted by Crippen LogP contribution is 2.27. The van der Waals surface area contributed by atoms with Gasteiger partial charge >= 0.3 is 0 Å². The molecule has 0 saturated carbocycles. The van der Waals surface area contributed by atoms with E-state index in [1.807, 2.05) is 24.3 Å². The molecule has 10 heteroatoms. The molecule has 2 aromatic carbocycles. The lowest BCUT2D eigenvalue weighted by Gasteiger charge is -2.16.